The van der Waals surface area contributed by atoms with Crippen LogP contribution in [-0.2, 0) is 6.54 Å². The van der Waals surface area contributed by atoms with Crippen molar-refractivity contribution in [3.05, 3.63) is 83.7 Å². The first-order valence-corrected chi connectivity index (χ1v) is 7.43. The molecule has 0 saturated carbocycles. The van der Waals surface area contributed by atoms with E-state index in [-0.39, 0.29) is 23.6 Å². The molecule has 0 radical (unpaired) electrons. The number of nitrogens with zero attached hydrogens (tertiary/aromatic N) is 2. The highest BCUT2D eigenvalue weighted by Crippen LogP contribution is 2.13. The van der Waals surface area contributed by atoms with Crippen molar-refractivity contribution < 1.29 is 19.1 Å². The molecule has 0 bridgehead atoms. The van der Waals surface area contributed by atoms with E-state index < -0.39 is 11.8 Å². The lowest BCUT2D eigenvalue weighted by molar-refractivity contribution is 0.0696. The van der Waals surface area contributed by atoms with Gasteiger partial charge in [-0.3, -0.25) is 4.79 Å². The van der Waals surface area contributed by atoms with Gasteiger partial charge in [-0.15, -0.1) is 0 Å². The lowest BCUT2D eigenvalue weighted by Crippen LogP contribution is -2.23. The molecule has 0 unspecified atom stereocenters. The number of imidazole rings is 1. The van der Waals surface area contributed by atoms with E-state index in [1.807, 2.05) is 6.07 Å². The van der Waals surface area contributed by atoms with Crippen LogP contribution in [0.3, 0.4) is 0 Å². The normalized spacial score (nSPS) is 10.4. The molecule has 1 heterocycles. The van der Waals surface area contributed by atoms with Crippen molar-refractivity contribution >= 4 is 11.9 Å². The molecule has 6 nitrogen and oxygen atoms in total. The minimum Gasteiger partial charge on any atom is -0.478 e. The number of carboxylic acid groups (broad SMARTS) is 1. The number of rotatable bonds is 5. The Morgan fingerprint density at radius 1 is 1.16 bits per heavy atom. The number of hydrogen-bond donors (Lipinski definition) is 2. The zero-order chi connectivity index (χ0) is 17.8. The van der Waals surface area contributed by atoms with Crippen LogP contribution in [0.25, 0.3) is 5.69 Å². The molecular formula is C18H14FN3O3. The van der Waals surface area contributed by atoms with Crippen LogP contribution in [0.5, 0.6) is 0 Å². The summed E-state index contributed by atoms with van der Waals surface area (Å²) >= 11 is 0. The summed E-state index contributed by atoms with van der Waals surface area (Å²) in [6.45, 7) is -0.110. The summed E-state index contributed by atoms with van der Waals surface area (Å²) in [4.78, 5) is 27.2. The van der Waals surface area contributed by atoms with E-state index in [0.29, 0.717) is 5.56 Å². The molecule has 2 N–H and O–H groups in total. The van der Waals surface area contributed by atoms with Gasteiger partial charge >= 0.3 is 5.97 Å². The lowest BCUT2D eigenvalue weighted by Gasteiger charge is -2.09. The van der Waals surface area contributed by atoms with Gasteiger partial charge in [-0.1, -0.05) is 6.07 Å². The number of halogens is 1. The smallest absolute Gasteiger partial charge is 0.335 e. The van der Waals surface area contributed by atoms with Crippen LogP contribution >= 0.6 is 0 Å². The van der Waals surface area contributed by atoms with Crippen molar-refractivity contribution in [2.24, 2.45) is 0 Å². The molecule has 1 aromatic heterocycles. The highest BCUT2D eigenvalue weighted by molar-refractivity contribution is 5.94. The van der Waals surface area contributed by atoms with E-state index in [0.717, 1.165) is 11.8 Å². The number of nitrogens with one attached hydrogen (secondary N) is 1. The predicted molar refractivity (Wildman–Crippen MR) is 88.1 cm³/mol. The van der Waals surface area contributed by atoms with Gasteiger partial charge in [0.1, 0.15) is 5.82 Å². The molecule has 25 heavy (non-hydrogen) atoms. The Bertz CT molecular complexity index is 923. The number of benzene rings is 2. The van der Waals surface area contributed by atoms with Crippen LogP contribution in [-0.4, -0.2) is 26.5 Å². The van der Waals surface area contributed by atoms with Crippen molar-refractivity contribution in [1.29, 1.82) is 0 Å². The maximum absolute atomic E-state index is 13.8. The summed E-state index contributed by atoms with van der Waals surface area (Å²) in [5, 5.41) is 11.6. The van der Waals surface area contributed by atoms with Gasteiger partial charge in [0.2, 0.25) is 0 Å². The molecule has 0 fully saturated rings. The summed E-state index contributed by atoms with van der Waals surface area (Å²) in [5.74, 6) is -2.11. The van der Waals surface area contributed by atoms with Crippen molar-refractivity contribution in [2.75, 3.05) is 0 Å². The largest absolute Gasteiger partial charge is 0.478 e. The van der Waals surface area contributed by atoms with Crippen LogP contribution in [0.4, 0.5) is 4.39 Å². The van der Waals surface area contributed by atoms with Crippen molar-refractivity contribution in [2.45, 2.75) is 6.54 Å². The molecule has 2 aromatic carbocycles. The average molecular weight is 339 g/mol. The minimum atomic E-state index is -1.15. The van der Waals surface area contributed by atoms with Crippen LogP contribution in [0.1, 0.15) is 26.3 Å². The molecule has 0 spiro atoms. The number of carbonyl (C=O) groups excluding carboxylic acids is 1. The Kier molecular flexibility index (Phi) is 4.56. The summed E-state index contributed by atoms with van der Waals surface area (Å²) in [6, 6.07) is 10.3. The first-order valence-electron chi connectivity index (χ1n) is 7.43. The van der Waals surface area contributed by atoms with Gasteiger partial charge in [0, 0.05) is 35.8 Å². The zero-order valence-electron chi connectivity index (χ0n) is 13.0. The van der Waals surface area contributed by atoms with E-state index >= 15 is 0 Å². The maximum Gasteiger partial charge on any atom is 0.335 e. The van der Waals surface area contributed by atoms with Crippen molar-refractivity contribution in [1.82, 2.24) is 14.9 Å². The number of hydrogen-bond acceptors (Lipinski definition) is 3. The van der Waals surface area contributed by atoms with E-state index in [1.54, 1.807) is 41.5 Å². The fourth-order valence-corrected chi connectivity index (χ4v) is 2.34. The first-order chi connectivity index (χ1) is 12.0. The van der Waals surface area contributed by atoms with Gasteiger partial charge < -0.3 is 15.0 Å². The topological polar surface area (TPSA) is 84.2 Å². The standard InChI is InChI=1S/C18H14FN3O3/c19-16-5-4-13(18(24)25)8-14(16)10-21-17(23)12-2-1-3-15(9-12)22-7-6-20-11-22/h1-9,11H,10H2,(H,21,23)(H,24,25). The van der Waals surface area contributed by atoms with Gasteiger partial charge in [0.05, 0.1) is 11.9 Å². The van der Waals surface area contributed by atoms with E-state index in [1.165, 1.54) is 12.1 Å². The summed E-state index contributed by atoms with van der Waals surface area (Å²) in [7, 11) is 0. The maximum atomic E-state index is 13.8. The van der Waals surface area contributed by atoms with Crippen LogP contribution in [0, 0.1) is 5.82 Å². The Morgan fingerprint density at radius 3 is 2.72 bits per heavy atom. The molecule has 0 aliphatic heterocycles. The Morgan fingerprint density at radius 2 is 2.00 bits per heavy atom. The first kappa shape index (κ1) is 16.4. The third-order valence-electron chi connectivity index (χ3n) is 3.64. The molecule has 126 valence electrons. The monoisotopic (exact) mass is 339 g/mol. The Balaban J connectivity index is 1.74. The lowest BCUT2D eigenvalue weighted by atomic mass is 10.1. The highest BCUT2D eigenvalue weighted by atomic mass is 19.1. The van der Waals surface area contributed by atoms with Crippen LogP contribution < -0.4 is 5.32 Å². The molecule has 0 saturated heterocycles. The SMILES string of the molecule is O=C(O)c1ccc(F)c(CNC(=O)c2cccc(-n3ccnc3)c2)c1. The number of aromatic carboxylic acids is 1. The molecule has 0 aliphatic carbocycles. The molecule has 7 heteroatoms. The van der Waals surface area contributed by atoms with Gasteiger partial charge in [-0.05, 0) is 36.4 Å². The minimum absolute atomic E-state index is 0.0345. The molecule has 0 aliphatic rings. The third-order valence-corrected chi connectivity index (χ3v) is 3.64. The molecule has 1 amide bonds. The number of amides is 1. The number of carbonyl (C=O) groups is 2. The summed E-state index contributed by atoms with van der Waals surface area (Å²) in [5.41, 5.74) is 1.25. The third kappa shape index (κ3) is 3.72. The predicted octanol–water partition coefficient (Wildman–Crippen LogP) is 2.64. The Hall–Kier alpha value is -3.48. The van der Waals surface area contributed by atoms with Crippen molar-refractivity contribution in [3.8, 4) is 5.69 Å². The number of carboxylic acids is 1. The van der Waals surface area contributed by atoms with Gasteiger partial charge in [0.25, 0.3) is 5.91 Å². The van der Waals surface area contributed by atoms with E-state index in [9.17, 15) is 14.0 Å². The average Bonchev–Trinajstić information content (AvgIpc) is 3.15. The molecule has 3 rings (SSSR count). The highest BCUT2D eigenvalue weighted by Gasteiger charge is 2.11. The molecular weight excluding hydrogens is 325 g/mol. The second kappa shape index (κ2) is 6.96. The zero-order valence-corrected chi connectivity index (χ0v) is 13.0. The van der Waals surface area contributed by atoms with Gasteiger partial charge in [0.15, 0.2) is 0 Å². The fourth-order valence-electron chi connectivity index (χ4n) is 2.34. The van der Waals surface area contributed by atoms with Crippen molar-refractivity contribution in [3.63, 3.8) is 0 Å². The quantitative estimate of drug-likeness (QED) is 0.748. The van der Waals surface area contributed by atoms with Gasteiger partial charge in [-0.25, -0.2) is 14.2 Å². The second-order valence-corrected chi connectivity index (χ2v) is 5.31. The Labute approximate surface area is 142 Å². The molecule has 3 aromatic rings. The number of aromatic nitrogens is 2. The second-order valence-electron chi connectivity index (χ2n) is 5.31. The van der Waals surface area contributed by atoms with E-state index in [2.05, 4.69) is 10.3 Å². The van der Waals surface area contributed by atoms with E-state index in [4.69, 9.17) is 5.11 Å². The molecule has 0 atom stereocenters. The van der Waals surface area contributed by atoms with Crippen LogP contribution in [0.2, 0.25) is 0 Å². The van der Waals surface area contributed by atoms with Gasteiger partial charge in [-0.2, -0.15) is 0 Å². The summed E-state index contributed by atoms with van der Waals surface area (Å²) < 4.78 is 15.5. The van der Waals surface area contributed by atoms with Crippen LogP contribution in [0.15, 0.2) is 61.2 Å². The summed E-state index contributed by atoms with van der Waals surface area (Å²) in [6.07, 6.45) is 5.00. The fraction of sp³-hybridized carbons (Fsp3) is 0.0556.